The second-order valence-corrected chi connectivity index (χ2v) is 11.0. The van der Waals surface area contributed by atoms with E-state index in [1.165, 1.54) is 41.5 Å². The van der Waals surface area contributed by atoms with Gasteiger partial charge in [-0.1, -0.05) is 49.4 Å². The Balaban J connectivity index is 1.63. The van der Waals surface area contributed by atoms with Gasteiger partial charge < -0.3 is 5.32 Å². The van der Waals surface area contributed by atoms with Crippen molar-refractivity contribution in [1.82, 2.24) is 5.32 Å². The Kier molecular flexibility index (Phi) is 7.92. The Labute approximate surface area is 215 Å². The summed E-state index contributed by atoms with van der Waals surface area (Å²) in [5, 5.41) is 2.89. The van der Waals surface area contributed by atoms with Crippen molar-refractivity contribution in [3.63, 3.8) is 0 Å². The van der Waals surface area contributed by atoms with Gasteiger partial charge >= 0.3 is 6.18 Å². The molecule has 5 nitrogen and oxygen atoms in total. The monoisotopic (exact) mass is 530 g/mol. The first-order valence-electron chi connectivity index (χ1n) is 12.3. The van der Waals surface area contributed by atoms with E-state index in [9.17, 15) is 26.4 Å². The maximum Gasteiger partial charge on any atom is 0.416 e. The van der Waals surface area contributed by atoms with Crippen molar-refractivity contribution in [3.05, 3.63) is 95.1 Å². The second-order valence-electron chi connectivity index (χ2n) is 9.14. The fourth-order valence-corrected chi connectivity index (χ4v) is 6.07. The highest BCUT2D eigenvalue weighted by Gasteiger charge is 2.33. The van der Waals surface area contributed by atoms with E-state index in [-0.39, 0.29) is 16.6 Å². The molecule has 1 N–H and O–H groups in total. The van der Waals surface area contributed by atoms with E-state index < -0.39 is 34.2 Å². The maximum absolute atomic E-state index is 13.5. The van der Waals surface area contributed by atoms with Crippen molar-refractivity contribution in [1.29, 1.82) is 0 Å². The fraction of sp³-hybridized carbons (Fsp3) is 0.321. The molecule has 1 aliphatic rings. The molecular formula is C28H29F3N2O3S. The lowest BCUT2D eigenvalue weighted by atomic mass is 9.89. The zero-order chi connectivity index (χ0) is 26.6. The summed E-state index contributed by atoms with van der Waals surface area (Å²) in [4.78, 5) is 13.1. The van der Waals surface area contributed by atoms with Crippen molar-refractivity contribution >= 4 is 21.6 Å². The van der Waals surface area contributed by atoms with Crippen molar-refractivity contribution in [3.8, 4) is 0 Å². The smallest absolute Gasteiger partial charge is 0.348 e. The van der Waals surface area contributed by atoms with Crippen LogP contribution in [-0.2, 0) is 33.8 Å². The molecular weight excluding hydrogens is 501 g/mol. The van der Waals surface area contributed by atoms with Gasteiger partial charge in [0.2, 0.25) is 5.91 Å². The maximum atomic E-state index is 13.5. The van der Waals surface area contributed by atoms with Gasteiger partial charge in [-0.15, -0.1) is 0 Å². The molecule has 0 unspecified atom stereocenters. The van der Waals surface area contributed by atoms with Crippen LogP contribution in [0.25, 0.3) is 0 Å². The van der Waals surface area contributed by atoms with Gasteiger partial charge in [0.15, 0.2) is 0 Å². The average molecular weight is 531 g/mol. The summed E-state index contributed by atoms with van der Waals surface area (Å²) in [5.74, 6) is -0.610. The Hall–Kier alpha value is -3.33. The Bertz CT molecular complexity index is 1360. The van der Waals surface area contributed by atoms with Crippen molar-refractivity contribution in [2.45, 2.75) is 56.1 Å². The van der Waals surface area contributed by atoms with Crippen LogP contribution >= 0.6 is 0 Å². The lowest BCUT2D eigenvalue weighted by Gasteiger charge is -2.26. The quantitative estimate of drug-likeness (QED) is 0.386. The molecule has 1 aliphatic carbocycles. The Morgan fingerprint density at radius 1 is 0.946 bits per heavy atom. The van der Waals surface area contributed by atoms with Gasteiger partial charge in [0.05, 0.1) is 22.2 Å². The van der Waals surface area contributed by atoms with Gasteiger partial charge in [0.1, 0.15) is 6.54 Å². The molecule has 0 saturated carbocycles. The largest absolute Gasteiger partial charge is 0.416 e. The van der Waals surface area contributed by atoms with Crippen LogP contribution < -0.4 is 9.62 Å². The van der Waals surface area contributed by atoms with Gasteiger partial charge in [0.25, 0.3) is 10.0 Å². The van der Waals surface area contributed by atoms with E-state index in [4.69, 9.17) is 0 Å². The van der Waals surface area contributed by atoms with Crippen LogP contribution in [0.5, 0.6) is 0 Å². The van der Waals surface area contributed by atoms with Crippen molar-refractivity contribution < 1.29 is 26.4 Å². The molecule has 0 bridgehead atoms. The molecule has 0 heterocycles. The number of anilines is 1. The number of carbonyl (C=O) groups excluding carboxylic acids is 1. The number of alkyl halides is 3. The van der Waals surface area contributed by atoms with E-state index in [0.717, 1.165) is 53.8 Å². The summed E-state index contributed by atoms with van der Waals surface area (Å²) < 4.78 is 67.9. The first-order chi connectivity index (χ1) is 17.6. The zero-order valence-corrected chi connectivity index (χ0v) is 21.3. The van der Waals surface area contributed by atoms with E-state index in [1.54, 1.807) is 6.07 Å². The third-order valence-electron chi connectivity index (χ3n) is 6.60. The highest BCUT2D eigenvalue weighted by molar-refractivity contribution is 7.92. The van der Waals surface area contributed by atoms with Crippen LogP contribution in [0, 0.1) is 0 Å². The number of amides is 1. The molecule has 37 heavy (non-hydrogen) atoms. The van der Waals surface area contributed by atoms with E-state index >= 15 is 0 Å². The SMILES string of the molecule is CC[C@@H](NC(=O)CN(c1cccc(C(F)(F)F)c1)S(=O)(=O)c1ccccc1)c1ccc2c(c1)CCCC2. The van der Waals surface area contributed by atoms with E-state index in [1.807, 2.05) is 13.0 Å². The van der Waals surface area contributed by atoms with Crippen LogP contribution in [0.3, 0.4) is 0 Å². The van der Waals surface area contributed by atoms with Crippen LogP contribution in [0.2, 0.25) is 0 Å². The number of nitrogens with one attached hydrogen (secondary N) is 1. The molecule has 0 saturated heterocycles. The molecule has 1 amide bonds. The van der Waals surface area contributed by atoms with Crippen LogP contribution in [-0.4, -0.2) is 20.9 Å². The zero-order valence-electron chi connectivity index (χ0n) is 20.5. The minimum absolute atomic E-state index is 0.123. The standard InChI is InChI=1S/C28H29F3N2O3S/c1-2-26(22-16-15-20-9-6-7-10-21(20)17-22)32-27(34)19-33(37(35,36)25-13-4-3-5-14-25)24-12-8-11-23(18-24)28(29,30)31/h3-5,8,11-18,26H,2,6-7,9-10,19H2,1H3,(H,32,34)/t26-/m1/s1. The summed E-state index contributed by atoms with van der Waals surface area (Å²) in [6.07, 6.45) is 0.179. The third kappa shape index (κ3) is 6.15. The third-order valence-corrected chi connectivity index (χ3v) is 8.39. The minimum atomic E-state index is -4.67. The van der Waals surface area contributed by atoms with Crippen LogP contribution in [0.4, 0.5) is 18.9 Å². The van der Waals surface area contributed by atoms with E-state index in [2.05, 4.69) is 17.4 Å². The molecule has 0 radical (unpaired) electrons. The predicted octanol–water partition coefficient (Wildman–Crippen LogP) is 6.05. The number of aryl methyl sites for hydroxylation is 2. The Morgan fingerprint density at radius 3 is 2.32 bits per heavy atom. The first kappa shape index (κ1) is 26.7. The number of sulfonamides is 1. The number of halogens is 3. The molecule has 3 aromatic rings. The Morgan fingerprint density at radius 2 is 1.65 bits per heavy atom. The summed E-state index contributed by atoms with van der Waals surface area (Å²) in [5.41, 5.74) is 2.25. The van der Waals surface area contributed by atoms with Crippen LogP contribution in [0.15, 0.2) is 77.7 Å². The van der Waals surface area contributed by atoms with Crippen LogP contribution in [0.1, 0.15) is 54.5 Å². The molecule has 0 fully saturated rings. The molecule has 0 aromatic heterocycles. The normalized spacial score (nSPS) is 14.5. The molecule has 9 heteroatoms. The molecule has 196 valence electrons. The number of nitrogens with zero attached hydrogens (tertiary/aromatic N) is 1. The van der Waals surface area contributed by atoms with Gasteiger partial charge in [-0.2, -0.15) is 13.2 Å². The highest BCUT2D eigenvalue weighted by atomic mass is 32.2. The number of hydrogen-bond acceptors (Lipinski definition) is 3. The predicted molar refractivity (Wildman–Crippen MR) is 137 cm³/mol. The topological polar surface area (TPSA) is 66.5 Å². The number of fused-ring (bicyclic) bond motifs is 1. The lowest BCUT2D eigenvalue weighted by Crippen LogP contribution is -2.42. The summed E-state index contributed by atoms with van der Waals surface area (Å²) >= 11 is 0. The number of benzene rings is 3. The number of rotatable bonds is 8. The minimum Gasteiger partial charge on any atom is -0.348 e. The molecule has 0 spiro atoms. The highest BCUT2D eigenvalue weighted by Crippen LogP contribution is 2.33. The summed E-state index contributed by atoms with van der Waals surface area (Å²) in [7, 11) is -4.33. The van der Waals surface area contributed by atoms with Gasteiger partial charge in [-0.3, -0.25) is 9.10 Å². The first-order valence-corrected chi connectivity index (χ1v) is 13.7. The molecule has 4 rings (SSSR count). The summed E-state index contributed by atoms with van der Waals surface area (Å²) in [6.45, 7) is 1.25. The number of hydrogen-bond donors (Lipinski definition) is 1. The van der Waals surface area contributed by atoms with Gasteiger partial charge in [0, 0.05) is 0 Å². The molecule has 1 atom stereocenters. The van der Waals surface area contributed by atoms with E-state index in [0.29, 0.717) is 6.42 Å². The second kappa shape index (κ2) is 11.0. The lowest BCUT2D eigenvalue weighted by molar-refractivity contribution is -0.137. The molecule has 3 aromatic carbocycles. The average Bonchev–Trinajstić information content (AvgIpc) is 2.90. The molecule has 0 aliphatic heterocycles. The summed E-state index contributed by atoms with van der Waals surface area (Å²) in [6, 6.07) is 17.1. The van der Waals surface area contributed by atoms with Crippen molar-refractivity contribution in [2.24, 2.45) is 0 Å². The van der Waals surface area contributed by atoms with Gasteiger partial charge in [-0.05, 0) is 79.1 Å². The number of carbonyl (C=O) groups is 1. The van der Waals surface area contributed by atoms with Crippen molar-refractivity contribution in [2.75, 3.05) is 10.8 Å². The van der Waals surface area contributed by atoms with Gasteiger partial charge in [-0.25, -0.2) is 8.42 Å². The fourth-order valence-electron chi connectivity index (χ4n) is 4.63.